The first-order chi connectivity index (χ1) is 12.1. The van der Waals surface area contributed by atoms with Crippen LogP contribution in [-0.2, 0) is 6.54 Å². The number of rotatable bonds is 5. The molecule has 0 saturated heterocycles. The fourth-order valence-corrected chi connectivity index (χ4v) is 2.60. The summed E-state index contributed by atoms with van der Waals surface area (Å²) in [7, 11) is 1.74. The van der Waals surface area contributed by atoms with Crippen LogP contribution in [0.15, 0.2) is 59.2 Å². The maximum atomic E-state index is 12.4. The number of hydrogen-bond donors (Lipinski definition) is 1. The van der Waals surface area contributed by atoms with E-state index in [2.05, 4.69) is 5.32 Å². The fraction of sp³-hybridized carbons (Fsp3) is 0.200. The van der Waals surface area contributed by atoms with E-state index in [1.54, 1.807) is 42.5 Å². The van der Waals surface area contributed by atoms with E-state index in [4.69, 9.17) is 4.42 Å². The van der Waals surface area contributed by atoms with Crippen molar-refractivity contribution in [3.05, 3.63) is 71.5 Å². The Kier molecular flexibility index (Phi) is 4.84. The number of hydrogen-bond acceptors (Lipinski definition) is 3. The monoisotopic (exact) mass is 336 g/mol. The van der Waals surface area contributed by atoms with Gasteiger partial charge in [0, 0.05) is 42.2 Å². The Morgan fingerprint density at radius 1 is 1.08 bits per heavy atom. The third kappa shape index (κ3) is 3.55. The third-order valence-corrected chi connectivity index (χ3v) is 4.19. The second kappa shape index (κ2) is 7.21. The average molecular weight is 336 g/mol. The minimum absolute atomic E-state index is 0.0991. The summed E-state index contributed by atoms with van der Waals surface area (Å²) in [4.78, 5) is 26.3. The SMILES string of the molecule is CCN(C)C(=O)c1cccc(C(=O)NCc2coc3ccccc23)c1. The quantitative estimate of drug-likeness (QED) is 0.776. The van der Waals surface area contributed by atoms with Crippen molar-refractivity contribution in [2.24, 2.45) is 0 Å². The van der Waals surface area contributed by atoms with E-state index in [0.29, 0.717) is 24.2 Å². The van der Waals surface area contributed by atoms with Gasteiger partial charge < -0.3 is 14.6 Å². The van der Waals surface area contributed by atoms with Crippen molar-refractivity contribution in [1.82, 2.24) is 10.2 Å². The standard InChI is InChI=1S/C20H20N2O3/c1-3-22(2)20(24)15-8-6-7-14(11-15)19(23)21-12-16-13-25-18-10-5-4-9-17(16)18/h4-11,13H,3,12H2,1-2H3,(H,21,23). The first-order valence-corrected chi connectivity index (χ1v) is 8.19. The third-order valence-electron chi connectivity index (χ3n) is 4.19. The van der Waals surface area contributed by atoms with Gasteiger partial charge in [0.15, 0.2) is 0 Å². The number of benzene rings is 2. The van der Waals surface area contributed by atoms with Gasteiger partial charge in [-0.3, -0.25) is 9.59 Å². The molecule has 0 fully saturated rings. The number of para-hydroxylation sites is 1. The minimum atomic E-state index is -0.223. The molecule has 2 aromatic carbocycles. The highest BCUT2D eigenvalue weighted by Crippen LogP contribution is 2.20. The number of nitrogens with zero attached hydrogens (tertiary/aromatic N) is 1. The number of fused-ring (bicyclic) bond motifs is 1. The van der Waals surface area contributed by atoms with Gasteiger partial charge in [-0.1, -0.05) is 24.3 Å². The van der Waals surface area contributed by atoms with Crippen LogP contribution in [0.5, 0.6) is 0 Å². The van der Waals surface area contributed by atoms with E-state index in [0.717, 1.165) is 16.5 Å². The van der Waals surface area contributed by atoms with Crippen LogP contribution in [0, 0.1) is 0 Å². The van der Waals surface area contributed by atoms with Gasteiger partial charge in [0.1, 0.15) is 5.58 Å². The Hall–Kier alpha value is -3.08. The average Bonchev–Trinajstić information content (AvgIpc) is 3.08. The lowest BCUT2D eigenvalue weighted by molar-refractivity contribution is 0.0802. The summed E-state index contributed by atoms with van der Waals surface area (Å²) in [5, 5.41) is 3.86. The van der Waals surface area contributed by atoms with Crippen LogP contribution in [0.4, 0.5) is 0 Å². The molecule has 1 heterocycles. The first kappa shape index (κ1) is 16.8. The zero-order chi connectivity index (χ0) is 17.8. The van der Waals surface area contributed by atoms with Gasteiger partial charge in [0.25, 0.3) is 11.8 Å². The molecule has 2 amide bonds. The number of carbonyl (C=O) groups excluding carboxylic acids is 2. The van der Waals surface area contributed by atoms with Crippen LogP contribution in [0.3, 0.4) is 0 Å². The fourth-order valence-electron chi connectivity index (χ4n) is 2.60. The van der Waals surface area contributed by atoms with E-state index < -0.39 is 0 Å². The smallest absolute Gasteiger partial charge is 0.253 e. The summed E-state index contributed by atoms with van der Waals surface area (Å²) in [6.45, 7) is 2.88. The van der Waals surface area contributed by atoms with E-state index in [9.17, 15) is 9.59 Å². The molecule has 0 aliphatic carbocycles. The van der Waals surface area contributed by atoms with Crippen molar-refractivity contribution in [2.75, 3.05) is 13.6 Å². The van der Waals surface area contributed by atoms with Crippen LogP contribution >= 0.6 is 0 Å². The summed E-state index contributed by atoms with van der Waals surface area (Å²) in [5.41, 5.74) is 2.68. The second-order valence-corrected chi connectivity index (χ2v) is 5.84. The maximum absolute atomic E-state index is 12.4. The molecule has 1 N–H and O–H groups in total. The van der Waals surface area contributed by atoms with Crippen LogP contribution in [0.1, 0.15) is 33.2 Å². The normalized spacial score (nSPS) is 10.6. The zero-order valence-corrected chi connectivity index (χ0v) is 14.3. The Morgan fingerprint density at radius 2 is 1.84 bits per heavy atom. The first-order valence-electron chi connectivity index (χ1n) is 8.19. The van der Waals surface area contributed by atoms with Crippen molar-refractivity contribution in [2.45, 2.75) is 13.5 Å². The van der Waals surface area contributed by atoms with Crippen LogP contribution in [0.25, 0.3) is 11.0 Å². The van der Waals surface area contributed by atoms with Crippen molar-refractivity contribution in [1.29, 1.82) is 0 Å². The van der Waals surface area contributed by atoms with E-state index in [-0.39, 0.29) is 11.8 Å². The summed E-state index contributed by atoms with van der Waals surface area (Å²) in [5.74, 6) is -0.322. The number of furan rings is 1. The molecule has 0 spiro atoms. The summed E-state index contributed by atoms with van der Waals surface area (Å²) in [6.07, 6.45) is 1.65. The highest BCUT2D eigenvalue weighted by atomic mass is 16.3. The molecule has 1 aromatic heterocycles. The van der Waals surface area contributed by atoms with E-state index in [1.807, 2.05) is 31.2 Å². The summed E-state index contributed by atoms with van der Waals surface area (Å²) in [6, 6.07) is 14.4. The minimum Gasteiger partial charge on any atom is -0.464 e. The molecule has 0 radical (unpaired) electrons. The number of nitrogens with one attached hydrogen (secondary N) is 1. The molecule has 0 saturated carbocycles. The van der Waals surface area contributed by atoms with Gasteiger partial charge in [-0.15, -0.1) is 0 Å². The lowest BCUT2D eigenvalue weighted by atomic mass is 10.1. The highest BCUT2D eigenvalue weighted by Gasteiger charge is 2.13. The van der Waals surface area contributed by atoms with E-state index >= 15 is 0 Å². The molecule has 0 unspecified atom stereocenters. The van der Waals surface area contributed by atoms with Gasteiger partial charge in [0.05, 0.1) is 6.26 Å². The number of carbonyl (C=O) groups is 2. The topological polar surface area (TPSA) is 62.6 Å². The molecule has 0 aliphatic rings. The maximum Gasteiger partial charge on any atom is 0.253 e. The van der Waals surface area contributed by atoms with Crippen LogP contribution in [-0.4, -0.2) is 30.3 Å². The van der Waals surface area contributed by atoms with Crippen molar-refractivity contribution in [3.63, 3.8) is 0 Å². The van der Waals surface area contributed by atoms with Gasteiger partial charge in [-0.25, -0.2) is 0 Å². The van der Waals surface area contributed by atoms with Gasteiger partial charge in [-0.05, 0) is 31.2 Å². The molecule has 3 aromatic rings. The summed E-state index contributed by atoms with van der Waals surface area (Å²) < 4.78 is 5.47. The molecule has 0 bridgehead atoms. The van der Waals surface area contributed by atoms with Crippen molar-refractivity contribution < 1.29 is 14.0 Å². The molecular weight excluding hydrogens is 316 g/mol. The predicted octanol–water partition coefficient (Wildman–Crippen LogP) is 3.45. The van der Waals surface area contributed by atoms with Crippen molar-refractivity contribution >= 4 is 22.8 Å². The van der Waals surface area contributed by atoms with Gasteiger partial charge >= 0.3 is 0 Å². The molecule has 5 nitrogen and oxygen atoms in total. The van der Waals surface area contributed by atoms with Crippen LogP contribution in [0.2, 0.25) is 0 Å². The molecular formula is C20H20N2O3. The molecule has 128 valence electrons. The van der Waals surface area contributed by atoms with Crippen LogP contribution < -0.4 is 5.32 Å². The zero-order valence-electron chi connectivity index (χ0n) is 14.3. The second-order valence-electron chi connectivity index (χ2n) is 5.84. The van der Waals surface area contributed by atoms with E-state index in [1.165, 1.54) is 0 Å². The molecule has 3 rings (SSSR count). The molecule has 0 atom stereocenters. The van der Waals surface area contributed by atoms with Crippen molar-refractivity contribution in [3.8, 4) is 0 Å². The molecule has 0 aliphatic heterocycles. The predicted molar refractivity (Wildman–Crippen MR) is 96.5 cm³/mol. The number of amides is 2. The Morgan fingerprint density at radius 3 is 2.64 bits per heavy atom. The largest absolute Gasteiger partial charge is 0.464 e. The molecule has 5 heteroatoms. The lowest BCUT2D eigenvalue weighted by Crippen LogP contribution is -2.27. The molecule has 25 heavy (non-hydrogen) atoms. The Labute approximate surface area is 146 Å². The lowest BCUT2D eigenvalue weighted by Gasteiger charge is -2.14. The highest BCUT2D eigenvalue weighted by molar-refractivity contribution is 5.99. The Bertz CT molecular complexity index is 914. The summed E-state index contributed by atoms with van der Waals surface area (Å²) >= 11 is 0. The Balaban J connectivity index is 1.72. The van der Waals surface area contributed by atoms with Gasteiger partial charge in [-0.2, -0.15) is 0 Å². The van der Waals surface area contributed by atoms with Gasteiger partial charge in [0.2, 0.25) is 0 Å².